The zero-order chi connectivity index (χ0) is 11.6. The van der Waals surface area contributed by atoms with Crippen molar-refractivity contribution < 1.29 is 4.79 Å². The number of carbonyl (C=O) groups excluding carboxylic acids is 1. The molecule has 3 heteroatoms. The second kappa shape index (κ2) is 4.26. The van der Waals surface area contributed by atoms with E-state index < -0.39 is 5.54 Å². The number of amides is 1. The molecule has 1 N–H and O–H groups in total. The Morgan fingerprint density at radius 2 is 2.06 bits per heavy atom. The van der Waals surface area contributed by atoms with E-state index in [2.05, 4.69) is 22.8 Å². The third-order valence-corrected chi connectivity index (χ3v) is 2.93. The summed E-state index contributed by atoms with van der Waals surface area (Å²) in [5.41, 5.74) is 0.734. The molecule has 0 bridgehead atoms. The van der Waals surface area contributed by atoms with E-state index in [0.29, 0.717) is 0 Å². The molecule has 1 aliphatic heterocycles. The average molecular weight is 217 g/mol. The maximum Gasteiger partial charge on any atom is 0.261 e. The standard InChI is InChI=1S/C13H17N2O/c1-13(2)12(16)15-11(9-14-13)8-10-6-4-3-5-7-10/h3-7,11,14H,8-9H2,1-2H3. The fourth-order valence-corrected chi connectivity index (χ4v) is 1.83. The molecule has 2 rings (SSSR count). The first-order valence-corrected chi connectivity index (χ1v) is 5.62. The molecule has 0 aromatic heterocycles. The first-order valence-electron chi connectivity index (χ1n) is 5.62. The molecule has 3 nitrogen and oxygen atoms in total. The van der Waals surface area contributed by atoms with Crippen LogP contribution in [0, 0.1) is 0 Å². The van der Waals surface area contributed by atoms with Crippen LogP contribution in [0.3, 0.4) is 0 Å². The zero-order valence-corrected chi connectivity index (χ0v) is 9.73. The van der Waals surface area contributed by atoms with Crippen LogP contribution in [0.5, 0.6) is 0 Å². The lowest BCUT2D eigenvalue weighted by molar-refractivity contribution is -0.129. The predicted molar refractivity (Wildman–Crippen MR) is 63.2 cm³/mol. The Morgan fingerprint density at radius 3 is 2.69 bits per heavy atom. The third kappa shape index (κ3) is 2.42. The van der Waals surface area contributed by atoms with Gasteiger partial charge in [0.15, 0.2) is 0 Å². The summed E-state index contributed by atoms with van der Waals surface area (Å²) in [5.74, 6) is -0.0420. The molecule has 1 saturated heterocycles. The largest absolute Gasteiger partial charge is 0.302 e. The van der Waals surface area contributed by atoms with Gasteiger partial charge in [-0.25, -0.2) is 5.32 Å². The fraction of sp³-hybridized carbons (Fsp3) is 0.462. The number of rotatable bonds is 2. The normalized spacial score (nSPS) is 23.9. The van der Waals surface area contributed by atoms with Gasteiger partial charge in [0, 0.05) is 6.54 Å². The van der Waals surface area contributed by atoms with Gasteiger partial charge in [0.25, 0.3) is 5.91 Å². The molecule has 1 aromatic rings. The lowest BCUT2D eigenvalue weighted by Gasteiger charge is -2.33. The van der Waals surface area contributed by atoms with E-state index in [0.717, 1.165) is 13.0 Å². The summed E-state index contributed by atoms with van der Waals surface area (Å²) in [4.78, 5) is 11.7. The summed E-state index contributed by atoms with van der Waals surface area (Å²) in [6, 6.07) is 10.2. The average Bonchev–Trinajstić information content (AvgIpc) is 2.26. The molecule has 1 unspecified atom stereocenters. The summed E-state index contributed by atoms with van der Waals surface area (Å²) in [6.45, 7) is 4.52. The highest BCUT2D eigenvalue weighted by atomic mass is 16.2. The van der Waals surface area contributed by atoms with Gasteiger partial charge in [-0.05, 0) is 25.8 Å². The van der Waals surface area contributed by atoms with E-state index in [1.165, 1.54) is 5.56 Å². The monoisotopic (exact) mass is 217 g/mol. The Morgan fingerprint density at radius 1 is 1.38 bits per heavy atom. The fourth-order valence-electron chi connectivity index (χ4n) is 1.83. The Hall–Kier alpha value is -1.35. The van der Waals surface area contributed by atoms with Crippen LogP contribution < -0.4 is 10.6 Å². The number of nitrogens with one attached hydrogen (secondary N) is 1. The highest BCUT2D eigenvalue weighted by Gasteiger charge is 2.35. The molecule has 16 heavy (non-hydrogen) atoms. The first-order chi connectivity index (χ1) is 7.58. The van der Waals surface area contributed by atoms with E-state index in [1.54, 1.807) is 0 Å². The maximum absolute atomic E-state index is 11.7. The molecule has 1 radical (unpaired) electrons. The Balaban J connectivity index is 1.97. The quantitative estimate of drug-likeness (QED) is 0.806. The minimum Gasteiger partial charge on any atom is -0.302 e. The number of hydrogen-bond donors (Lipinski definition) is 1. The van der Waals surface area contributed by atoms with Crippen molar-refractivity contribution in [2.45, 2.75) is 31.8 Å². The van der Waals surface area contributed by atoms with Gasteiger partial charge in [0.05, 0.1) is 11.6 Å². The van der Waals surface area contributed by atoms with Gasteiger partial charge < -0.3 is 5.32 Å². The highest BCUT2D eigenvalue weighted by molar-refractivity contribution is 5.86. The molecular formula is C13H17N2O. The molecule has 1 aromatic carbocycles. The van der Waals surface area contributed by atoms with Crippen molar-refractivity contribution in [2.75, 3.05) is 6.54 Å². The summed E-state index contributed by atoms with van der Waals surface area (Å²) in [6.07, 6.45) is 0.829. The van der Waals surface area contributed by atoms with Crippen molar-refractivity contribution in [3.63, 3.8) is 0 Å². The van der Waals surface area contributed by atoms with Crippen LogP contribution in [0.2, 0.25) is 0 Å². The molecule has 0 aliphatic carbocycles. The number of carbonyl (C=O) groups is 1. The summed E-state index contributed by atoms with van der Waals surface area (Å²) >= 11 is 0. The molecule has 1 fully saturated rings. The van der Waals surface area contributed by atoms with Crippen LogP contribution in [0.4, 0.5) is 0 Å². The van der Waals surface area contributed by atoms with Gasteiger partial charge in [0.1, 0.15) is 0 Å². The highest BCUT2D eigenvalue weighted by Crippen LogP contribution is 2.12. The minimum atomic E-state index is -0.493. The molecule has 0 spiro atoms. The van der Waals surface area contributed by atoms with Gasteiger partial charge in [-0.3, -0.25) is 4.79 Å². The minimum absolute atomic E-state index is 0.0420. The zero-order valence-electron chi connectivity index (χ0n) is 9.73. The number of nitrogens with zero attached hydrogens (tertiary/aromatic N) is 1. The van der Waals surface area contributed by atoms with Crippen molar-refractivity contribution in [2.24, 2.45) is 0 Å². The third-order valence-electron chi connectivity index (χ3n) is 2.93. The van der Waals surface area contributed by atoms with Crippen molar-refractivity contribution >= 4 is 5.91 Å². The molecule has 0 saturated carbocycles. The Kier molecular flexibility index (Phi) is 2.97. The van der Waals surface area contributed by atoms with Gasteiger partial charge in [-0.2, -0.15) is 0 Å². The maximum atomic E-state index is 11.7. The Labute approximate surface area is 96.2 Å². The van der Waals surface area contributed by atoms with Gasteiger partial charge in [-0.15, -0.1) is 0 Å². The van der Waals surface area contributed by atoms with Crippen molar-refractivity contribution in [1.82, 2.24) is 10.6 Å². The first kappa shape index (κ1) is 11.1. The SMILES string of the molecule is CC1(C)NCC(Cc2ccccc2)[N]C1=O. The molecule has 1 heterocycles. The van der Waals surface area contributed by atoms with E-state index >= 15 is 0 Å². The molecule has 1 amide bonds. The lowest BCUT2D eigenvalue weighted by atomic mass is 9.97. The topological polar surface area (TPSA) is 43.2 Å². The number of piperazine rings is 1. The number of hydrogen-bond acceptors (Lipinski definition) is 2. The van der Waals surface area contributed by atoms with Crippen molar-refractivity contribution in [3.05, 3.63) is 35.9 Å². The van der Waals surface area contributed by atoms with Crippen LogP contribution in [0.15, 0.2) is 30.3 Å². The second-order valence-corrected chi connectivity index (χ2v) is 4.78. The summed E-state index contributed by atoms with van der Waals surface area (Å²) < 4.78 is 0. The van der Waals surface area contributed by atoms with Crippen molar-refractivity contribution in [1.29, 1.82) is 0 Å². The summed E-state index contributed by atoms with van der Waals surface area (Å²) in [7, 11) is 0. The molecular weight excluding hydrogens is 200 g/mol. The van der Waals surface area contributed by atoms with Crippen LogP contribution >= 0.6 is 0 Å². The van der Waals surface area contributed by atoms with E-state index in [1.807, 2.05) is 32.0 Å². The second-order valence-electron chi connectivity index (χ2n) is 4.78. The smallest absolute Gasteiger partial charge is 0.261 e. The number of benzene rings is 1. The van der Waals surface area contributed by atoms with E-state index in [-0.39, 0.29) is 11.9 Å². The van der Waals surface area contributed by atoms with Crippen LogP contribution in [0.1, 0.15) is 19.4 Å². The lowest BCUT2D eigenvalue weighted by Crippen LogP contribution is -2.61. The van der Waals surface area contributed by atoms with Crippen LogP contribution in [0.25, 0.3) is 0 Å². The Bertz CT molecular complexity index is 373. The van der Waals surface area contributed by atoms with Gasteiger partial charge >= 0.3 is 0 Å². The van der Waals surface area contributed by atoms with Crippen LogP contribution in [-0.2, 0) is 11.2 Å². The van der Waals surface area contributed by atoms with Gasteiger partial charge in [0.2, 0.25) is 0 Å². The molecule has 1 aliphatic rings. The predicted octanol–water partition coefficient (Wildman–Crippen LogP) is 1.11. The van der Waals surface area contributed by atoms with Crippen LogP contribution in [-0.4, -0.2) is 24.0 Å². The molecule has 1 atom stereocenters. The van der Waals surface area contributed by atoms with Gasteiger partial charge in [-0.1, -0.05) is 30.3 Å². The molecule has 85 valence electrons. The van der Waals surface area contributed by atoms with E-state index in [9.17, 15) is 4.79 Å². The van der Waals surface area contributed by atoms with E-state index in [4.69, 9.17) is 0 Å². The summed E-state index contributed by atoms with van der Waals surface area (Å²) in [5, 5.41) is 7.46. The van der Waals surface area contributed by atoms with Crippen molar-refractivity contribution in [3.8, 4) is 0 Å².